The predicted molar refractivity (Wildman–Crippen MR) is 174 cm³/mol. The Bertz CT molecular complexity index is 1160. The highest BCUT2D eigenvalue weighted by Gasteiger charge is 2.35. The third kappa shape index (κ3) is 10.2. The van der Waals surface area contributed by atoms with Crippen molar-refractivity contribution >= 4 is 29.0 Å². The predicted octanol–water partition coefficient (Wildman–Crippen LogP) is 7.34. The molecular weight excluding hydrogens is 567 g/mol. The van der Waals surface area contributed by atoms with Crippen LogP contribution in [0, 0.1) is 0 Å². The highest BCUT2D eigenvalue weighted by molar-refractivity contribution is 5.76. The van der Waals surface area contributed by atoms with Crippen molar-refractivity contribution in [1.29, 1.82) is 0 Å². The summed E-state index contributed by atoms with van der Waals surface area (Å²) in [4.78, 5) is 28.0. The number of likely N-dealkylation sites (N-methyl/N-ethyl adjacent to an activating group) is 1. The van der Waals surface area contributed by atoms with Gasteiger partial charge in [0, 0.05) is 69.3 Å². The number of halogens is 3. The van der Waals surface area contributed by atoms with E-state index in [1.54, 1.807) is 0 Å². The van der Waals surface area contributed by atoms with Gasteiger partial charge in [-0.15, -0.1) is 0 Å². The maximum atomic E-state index is 13.9. The van der Waals surface area contributed by atoms with E-state index in [0.717, 1.165) is 94.3 Å². The molecule has 1 amide bonds. The van der Waals surface area contributed by atoms with E-state index in [9.17, 15) is 18.0 Å². The Morgan fingerprint density at radius 3 is 2.34 bits per heavy atom. The Labute approximate surface area is 261 Å². The van der Waals surface area contributed by atoms with Crippen LogP contribution in [0.5, 0.6) is 0 Å². The number of unbranched alkanes of at least 4 members (excludes halogenated alkanes) is 1. The highest BCUT2D eigenvalue weighted by Crippen LogP contribution is 2.34. The Kier molecular flexibility index (Phi) is 14.0. The summed E-state index contributed by atoms with van der Waals surface area (Å²) in [5.41, 5.74) is 2.05. The first kappa shape index (κ1) is 35.4. The van der Waals surface area contributed by atoms with E-state index >= 15 is 0 Å². The zero-order chi connectivity index (χ0) is 32.1. The molecule has 2 heterocycles. The van der Waals surface area contributed by atoms with Gasteiger partial charge in [-0.2, -0.15) is 18.2 Å². The van der Waals surface area contributed by atoms with Gasteiger partial charge in [-0.1, -0.05) is 47.0 Å². The van der Waals surface area contributed by atoms with Gasteiger partial charge >= 0.3 is 6.18 Å². The van der Waals surface area contributed by atoms with Crippen molar-refractivity contribution in [1.82, 2.24) is 19.8 Å². The Balaban J connectivity index is 1.73. The van der Waals surface area contributed by atoms with E-state index in [1.807, 2.05) is 17.0 Å². The molecule has 0 atom stereocenters. The van der Waals surface area contributed by atoms with Gasteiger partial charge in [0.2, 0.25) is 11.9 Å². The number of anilines is 4. The van der Waals surface area contributed by atoms with Crippen LogP contribution < -0.4 is 15.5 Å². The van der Waals surface area contributed by atoms with E-state index in [4.69, 9.17) is 0 Å². The van der Waals surface area contributed by atoms with Crippen LogP contribution in [0.3, 0.4) is 0 Å². The second-order valence-electron chi connectivity index (χ2n) is 11.8. The number of hydrogen-bond acceptors (Lipinski definition) is 7. The van der Waals surface area contributed by atoms with Crippen LogP contribution in [0.1, 0.15) is 90.2 Å². The molecule has 1 saturated heterocycles. The van der Waals surface area contributed by atoms with Crippen LogP contribution in [-0.2, 0) is 17.4 Å². The van der Waals surface area contributed by atoms with Crippen molar-refractivity contribution in [2.24, 2.45) is 0 Å². The molecule has 44 heavy (non-hydrogen) atoms. The molecule has 246 valence electrons. The molecule has 0 aliphatic carbocycles. The third-order valence-corrected chi connectivity index (χ3v) is 8.30. The molecule has 1 aromatic carbocycles. The van der Waals surface area contributed by atoms with E-state index in [-0.39, 0.29) is 30.3 Å². The Morgan fingerprint density at radius 2 is 1.73 bits per heavy atom. The summed E-state index contributed by atoms with van der Waals surface area (Å²) in [5.74, 6) is -0.0249. The number of nitrogens with zero attached hydrogens (tertiary/aromatic N) is 5. The molecule has 11 heteroatoms. The fourth-order valence-corrected chi connectivity index (χ4v) is 5.72. The number of amides is 1. The molecule has 3 rings (SSSR count). The number of benzene rings is 1. The van der Waals surface area contributed by atoms with Crippen molar-refractivity contribution in [2.75, 3.05) is 61.8 Å². The molecule has 0 saturated carbocycles. The summed E-state index contributed by atoms with van der Waals surface area (Å²) in [6.07, 6.45) is 3.58. The van der Waals surface area contributed by atoms with Crippen LogP contribution in [0.2, 0.25) is 0 Å². The number of aromatic nitrogens is 2. The van der Waals surface area contributed by atoms with E-state index in [0.29, 0.717) is 19.4 Å². The van der Waals surface area contributed by atoms with Crippen LogP contribution in [0.15, 0.2) is 24.4 Å². The van der Waals surface area contributed by atoms with Crippen LogP contribution in [0.4, 0.5) is 36.3 Å². The number of piperazine rings is 1. The molecule has 1 aliphatic heterocycles. The van der Waals surface area contributed by atoms with E-state index in [1.165, 1.54) is 0 Å². The minimum absolute atomic E-state index is 0.102. The zero-order valence-electron chi connectivity index (χ0n) is 27.3. The van der Waals surface area contributed by atoms with Crippen LogP contribution in [0.25, 0.3) is 0 Å². The summed E-state index contributed by atoms with van der Waals surface area (Å²) in [6, 6.07) is 6.28. The summed E-state index contributed by atoms with van der Waals surface area (Å²) in [6.45, 7) is 13.0. The maximum Gasteiger partial charge on any atom is 0.421 e. The summed E-state index contributed by atoms with van der Waals surface area (Å²) < 4.78 is 41.7. The van der Waals surface area contributed by atoms with Gasteiger partial charge in [0.25, 0.3) is 0 Å². The fraction of sp³-hybridized carbons (Fsp3) is 0.667. The number of rotatable bonds is 17. The van der Waals surface area contributed by atoms with Crippen LogP contribution in [-0.4, -0.2) is 78.0 Å². The molecule has 0 radical (unpaired) electrons. The lowest BCUT2D eigenvalue weighted by molar-refractivity contribution is -0.137. The number of carbonyl (C=O) groups is 1. The van der Waals surface area contributed by atoms with Crippen molar-refractivity contribution < 1.29 is 18.0 Å². The molecule has 8 nitrogen and oxygen atoms in total. The zero-order valence-corrected chi connectivity index (χ0v) is 27.3. The lowest BCUT2D eigenvalue weighted by Gasteiger charge is -2.34. The minimum atomic E-state index is -4.60. The lowest BCUT2D eigenvalue weighted by Crippen LogP contribution is -2.44. The van der Waals surface area contributed by atoms with E-state index < -0.39 is 11.7 Å². The summed E-state index contributed by atoms with van der Waals surface area (Å²) in [5, 5.41) is 6.07. The number of alkyl halides is 3. The molecule has 2 N–H and O–H groups in total. The third-order valence-electron chi connectivity index (χ3n) is 8.30. The minimum Gasteiger partial charge on any atom is -0.369 e. The molecule has 0 spiro atoms. The van der Waals surface area contributed by atoms with Gasteiger partial charge in [-0.05, 0) is 62.9 Å². The molecule has 1 aromatic heterocycles. The normalized spacial score (nSPS) is 14.2. The maximum absolute atomic E-state index is 13.9. The first-order valence-corrected chi connectivity index (χ1v) is 16.4. The number of aryl methyl sites for hydroxylation is 1. The van der Waals surface area contributed by atoms with Gasteiger partial charge in [0.1, 0.15) is 11.4 Å². The lowest BCUT2D eigenvalue weighted by atomic mass is 10.0. The monoisotopic (exact) mass is 619 g/mol. The first-order valence-electron chi connectivity index (χ1n) is 16.4. The smallest absolute Gasteiger partial charge is 0.369 e. The Morgan fingerprint density at radius 1 is 1.02 bits per heavy atom. The first-order chi connectivity index (χ1) is 21.1. The molecule has 0 unspecified atom stereocenters. The highest BCUT2D eigenvalue weighted by atomic mass is 19.4. The number of nitrogens with one attached hydrogen (secondary N) is 2. The molecule has 2 aromatic rings. The van der Waals surface area contributed by atoms with Crippen molar-refractivity contribution in [3.8, 4) is 0 Å². The van der Waals surface area contributed by atoms with Crippen molar-refractivity contribution in [2.45, 2.75) is 97.7 Å². The van der Waals surface area contributed by atoms with Gasteiger partial charge in [-0.3, -0.25) is 4.79 Å². The molecule has 1 aliphatic rings. The SMILES string of the molecule is CCCCC(=O)N(CCCNc1nc(Nc2ccc(N3CCN(C)CC3)cc2CC)ncc1C(F)(F)F)C(CCC)CCC. The van der Waals surface area contributed by atoms with Gasteiger partial charge < -0.3 is 25.3 Å². The number of carbonyl (C=O) groups excluding carboxylic acids is 1. The average molecular weight is 620 g/mol. The Hall–Kier alpha value is -3.08. The topological polar surface area (TPSA) is 76.6 Å². The second kappa shape index (κ2) is 17.4. The van der Waals surface area contributed by atoms with Gasteiger partial charge in [0.15, 0.2) is 0 Å². The molecule has 1 fully saturated rings. The fourth-order valence-electron chi connectivity index (χ4n) is 5.72. The standard InChI is InChI=1S/C33H52F3N7O/c1-6-10-14-30(44)43(26(12-7-2)13-8-3)18-11-17-37-31-28(33(34,35)36)24-38-32(40-31)39-29-16-15-27(23-25(29)9-4)42-21-19-41(5)20-22-42/h15-16,23-24,26H,6-14,17-22H2,1-5H3,(H2,37,38,39,40). The van der Waals surface area contributed by atoms with Crippen LogP contribution >= 0.6 is 0 Å². The second-order valence-corrected chi connectivity index (χ2v) is 11.8. The van der Waals surface area contributed by atoms with Crippen molar-refractivity contribution in [3.05, 3.63) is 35.5 Å². The largest absolute Gasteiger partial charge is 0.421 e. The van der Waals surface area contributed by atoms with E-state index in [2.05, 4.69) is 71.2 Å². The molecule has 0 bridgehead atoms. The average Bonchev–Trinajstić information content (AvgIpc) is 3.00. The van der Waals surface area contributed by atoms with Crippen molar-refractivity contribution in [3.63, 3.8) is 0 Å². The van der Waals surface area contributed by atoms with Gasteiger partial charge in [-0.25, -0.2) is 4.98 Å². The quantitative estimate of drug-likeness (QED) is 0.179. The van der Waals surface area contributed by atoms with Gasteiger partial charge in [0.05, 0.1) is 0 Å². The number of hydrogen-bond donors (Lipinski definition) is 2. The molecular formula is C33H52F3N7O. The summed E-state index contributed by atoms with van der Waals surface area (Å²) in [7, 11) is 2.12. The summed E-state index contributed by atoms with van der Waals surface area (Å²) >= 11 is 0.